The van der Waals surface area contributed by atoms with Crippen molar-refractivity contribution in [1.29, 1.82) is 0 Å². The highest BCUT2D eigenvalue weighted by Crippen LogP contribution is 2.32. The smallest absolute Gasteiger partial charge is 0.139 e. The van der Waals surface area contributed by atoms with Gasteiger partial charge in [0.15, 0.2) is 0 Å². The minimum absolute atomic E-state index is 0.0849. The molecule has 0 saturated heterocycles. The van der Waals surface area contributed by atoms with Crippen LogP contribution in [0.25, 0.3) is 0 Å². The normalized spacial score (nSPS) is 9.95. The monoisotopic (exact) mass is 326 g/mol. The third-order valence-electron chi connectivity index (χ3n) is 2.40. The van der Waals surface area contributed by atoms with E-state index in [0.717, 1.165) is 9.75 Å². The highest BCUT2D eigenvalue weighted by atomic mass is 35.5. The lowest BCUT2D eigenvalue weighted by Gasteiger charge is -2.07. The van der Waals surface area contributed by atoms with Crippen LogP contribution in [-0.4, -0.2) is 11.7 Å². The fourth-order valence-electron chi connectivity index (χ4n) is 1.47. The minimum atomic E-state index is 0.0849. The Morgan fingerprint density at radius 1 is 1.20 bits per heavy atom. The summed E-state index contributed by atoms with van der Waals surface area (Å²) in [6.45, 7) is 0.508. The van der Waals surface area contributed by atoms with Crippen molar-refractivity contribution in [3.63, 3.8) is 0 Å². The molecule has 20 heavy (non-hydrogen) atoms. The summed E-state index contributed by atoms with van der Waals surface area (Å²) < 4.78 is 5.65. The molecule has 104 valence electrons. The fourth-order valence-corrected chi connectivity index (χ4v) is 2.61. The molecule has 0 unspecified atom stereocenters. The number of ether oxygens (including phenoxy) is 1. The molecule has 2 aromatic rings. The maximum atomic E-state index is 8.67. The number of halogens is 2. The zero-order chi connectivity index (χ0) is 14.4. The number of thiophene rings is 1. The Morgan fingerprint density at radius 3 is 2.85 bits per heavy atom. The van der Waals surface area contributed by atoms with Crippen LogP contribution in [0.15, 0.2) is 30.3 Å². The van der Waals surface area contributed by atoms with Gasteiger partial charge in [0.1, 0.15) is 17.4 Å². The summed E-state index contributed by atoms with van der Waals surface area (Å²) >= 11 is 13.5. The van der Waals surface area contributed by atoms with Gasteiger partial charge >= 0.3 is 0 Å². The van der Waals surface area contributed by atoms with Gasteiger partial charge in [-0.05, 0) is 24.3 Å². The molecular formula is C15H12Cl2O2S. The first-order chi connectivity index (χ1) is 9.70. The van der Waals surface area contributed by atoms with Gasteiger partial charge in [-0.3, -0.25) is 0 Å². The van der Waals surface area contributed by atoms with E-state index in [1.165, 1.54) is 0 Å². The van der Waals surface area contributed by atoms with E-state index >= 15 is 0 Å². The molecule has 0 saturated carbocycles. The minimum Gasteiger partial charge on any atom is -0.486 e. The van der Waals surface area contributed by atoms with E-state index in [-0.39, 0.29) is 6.61 Å². The number of benzene rings is 1. The van der Waals surface area contributed by atoms with E-state index < -0.39 is 0 Å². The highest BCUT2D eigenvalue weighted by Gasteiger charge is 2.06. The standard InChI is InChI=1S/C15H12Cl2O2S/c16-13-5-3-6-14(15(13)17)19-10-12-8-7-11(20-12)4-1-2-9-18/h3,5-8,18H,2,9-10H2. The average Bonchev–Trinajstić information content (AvgIpc) is 2.89. The molecule has 1 heterocycles. The second-order valence-electron chi connectivity index (χ2n) is 3.88. The van der Waals surface area contributed by atoms with Crippen molar-refractivity contribution in [3.8, 4) is 17.6 Å². The summed E-state index contributed by atoms with van der Waals surface area (Å²) in [5, 5.41) is 9.57. The van der Waals surface area contributed by atoms with Crippen molar-refractivity contribution >= 4 is 34.5 Å². The summed E-state index contributed by atoms with van der Waals surface area (Å²) in [4.78, 5) is 2.00. The molecule has 2 nitrogen and oxygen atoms in total. The number of hydrogen-bond acceptors (Lipinski definition) is 3. The van der Waals surface area contributed by atoms with Gasteiger partial charge in [-0.2, -0.15) is 0 Å². The van der Waals surface area contributed by atoms with Crippen LogP contribution in [0.2, 0.25) is 10.0 Å². The second kappa shape index (κ2) is 7.56. The molecule has 0 amide bonds. The number of aliphatic hydroxyl groups excluding tert-OH is 1. The van der Waals surface area contributed by atoms with Crippen LogP contribution in [-0.2, 0) is 6.61 Å². The molecule has 0 atom stereocenters. The van der Waals surface area contributed by atoms with Gasteiger partial charge in [0.25, 0.3) is 0 Å². The SMILES string of the molecule is OCCC#Cc1ccc(COc2cccc(Cl)c2Cl)s1. The molecule has 0 radical (unpaired) electrons. The van der Waals surface area contributed by atoms with Gasteiger partial charge in [-0.1, -0.05) is 41.1 Å². The molecule has 0 bridgehead atoms. The topological polar surface area (TPSA) is 29.5 Å². The molecule has 1 aromatic carbocycles. The quantitative estimate of drug-likeness (QED) is 0.845. The first kappa shape index (κ1) is 15.2. The zero-order valence-corrected chi connectivity index (χ0v) is 12.9. The van der Waals surface area contributed by atoms with Crippen molar-refractivity contribution < 1.29 is 9.84 Å². The van der Waals surface area contributed by atoms with E-state index in [2.05, 4.69) is 11.8 Å². The van der Waals surface area contributed by atoms with Crippen LogP contribution in [0.1, 0.15) is 16.2 Å². The summed E-state index contributed by atoms with van der Waals surface area (Å²) in [6.07, 6.45) is 0.488. The van der Waals surface area contributed by atoms with Crippen LogP contribution in [0.4, 0.5) is 0 Å². The molecule has 0 fully saturated rings. The molecule has 0 aliphatic carbocycles. The van der Waals surface area contributed by atoms with Crippen LogP contribution in [0, 0.1) is 11.8 Å². The Morgan fingerprint density at radius 2 is 2.05 bits per heavy atom. The van der Waals surface area contributed by atoms with Crippen molar-refractivity contribution in [2.75, 3.05) is 6.61 Å². The van der Waals surface area contributed by atoms with E-state index in [4.69, 9.17) is 33.0 Å². The van der Waals surface area contributed by atoms with Crippen molar-refractivity contribution in [2.24, 2.45) is 0 Å². The third-order valence-corrected chi connectivity index (χ3v) is 4.17. The van der Waals surface area contributed by atoms with Gasteiger partial charge in [0, 0.05) is 11.3 Å². The highest BCUT2D eigenvalue weighted by molar-refractivity contribution is 7.12. The van der Waals surface area contributed by atoms with Crippen molar-refractivity contribution in [2.45, 2.75) is 13.0 Å². The van der Waals surface area contributed by atoms with Gasteiger partial charge in [-0.25, -0.2) is 0 Å². The van der Waals surface area contributed by atoms with Gasteiger partial charge in [-0.15, -0.1) is 11.3 Å². The molecule has 0 aliphatic rings. The Balaban J connectivity index is 1.98. The van der Waals surface area contributed by atoms with Gasteiger partial charge in [0.2, 0.25) is 0 Å². The Hall–Kier alpha value is -1.18. The van der Waals surface area contributed by atoms with Crippen LogP contribution in [0.3, 0.4) is 0 Å². The molecule has 0 aliphatic heterocycles. The van der Waals surface area contributed by atoms with Gasteiger partial charge in [0.05, 0.1) is 16.5 Å². The number of hydrogen-bond donors (Lipinski definition) is 1. The molecule has 1 N–H and O–H groups in total. The summed E-state index contributed by atoms with van der Waals surface area (Å²) in [6, 6.07) is 9.20. The Bertz CT molecular complexity index is 641. The van der Waals surface area contributed by atoms with Crippen LogP contribution >= 0.6 is 34.5 Å². The van der Waals surface area contributed by atoms with E-state index in [1.807, 2.05) is 12.1 Å². The predicted molar refractivity (Wildman–Crippen MR) is 83.7 cm³/mol. The van der Waals surface area contributed by atoms with Crippen LogP contribution in [0.5, 0.6) is 5.75 Å². The Kier molecular flexibility index (Phi) is 5.75. The van der Waals surface area contributed by atoms with E-state index in [9.17, 15) is 0 Å². The van der Waals surface area contributed by atoms with Crippen molar-refractivity contribution in [1.82, 2.24) is 0 Å². The maximum absolute atomic E-state index is 8.67. The summed E-state index contributed by atoms with van der Waals surface area (Å²) in [7, 11) is 0. The summed E-state index contributed by atoms with van der Waals surface area (Å²) in [5.41, 5.74) is 0. The first-order valence-electron chi connectivity index (χ1n) is 5.96. The first-order valence-corrected chi connectivity index (χ1v) is 7.53. The predicted octanol–water partition coefficient (Wildman–Crippen LogP) is 4.37. The Labute approximate surface area is 131 Å². The lowest BCUT2D eigenvalue weighted by molar-refractivity contribution is 0.305. The maximum Gasteiger partial charge on any atom is 0.139 e. The average molecular weight is 327 g/mol. The van der Waals surface area contributed by atoms with Gasteiger partial charge < -0.3 is 9.84 Å². The summed E-state index contributed by atoms with van der Waals surface area (Å²) in [5.74, 6) is 6.45. The van der Waals surface area contributed by atoms with Crippen molar-refractivity contribution in [3.05, 3.63) is 50.1 Å². The number of aliphatic hydroxyl groups is 1. The zero-order valence-electron chi connectivity index (χ0n) is 10.5. The third kappa shape index (κ3) is 4.16. The fraction of sp³-hybridized carbons (Fsp3) is 0.200. The molecule has 0 spiro atoms. The van der Waals surface area contributed by atoms with E-state index in [1.54, 1.807) is 29.5 Å². The molecule has 1 aromatic heterocycles. The molecule has 5 heteroatoms. The number of rotatable bonds is 4. The largest absolute Gasteiger partial charge is 0.486 e. The van der Waals surface area contributed by atoms with Crippen LogP contribution < -0.4 is 4.74 Å². The lowest BCUT2D eigenvalue weighted by atomic mass is 10.3. The molecule has 2 rings (SSSR count). The lowest BCUT2D eigenvalue weighted by Crippen LogP contribution is -1.93. The second-order valence-corrected chi connectivity index (χ2v) is 5.84. The molecular weight excluding hydrogens is 315 g/mol. The van der Waals surface area contributed by atoms with E-state index in [0.29, 0.717) is 28.8 Å².